The fourth-order valence-electron chi connectivity index (χ4n) is 3.39. The van der Waals surface area contributed by atoms with Crippen LogP contribution < -0.4 is 5.73 Å². The summed E-state index contributed by atoms with van der Waals surface area (Å²) in [4.78, 5) is 0. The third-order valence-electron chi connectivity index (χ3n) is 4.98. The van der Waals surface area contributed by atoms with Gasteiger partial charge >= 0.3 is 0 Å². The van der Waals surface area contributed by atoms with Crippen LogP contribution in [0.15, 0.2) is 12.1 Å². The van der Waals surface area contributed by atoms with Crippen LogP contribution >= 0.6 is 0 Å². The smallest absolute Gasteiger partial charge is 0.144 e. The summed E-state index contributed by atoms with van der Waals surface area (Å²) in [5.74, 6) is -0.491. The molecule has 6 heteroatoms. The summed E-state index contributed by atoms with van der Waals surface area (Å²) in [6, 6.07) is 2.91. The number of benzene rings is 1. The predicted octanol–water partition coefficient (Wildman–Crippen LogP) is 3.56. The summed E-state index contributed by atoms with van der Waals surface area (Å²) < 4.78 is 30.5. The topological polar surface area (TPSA) is 67.7 Å². The normalized spacial score (nSPS) is 17.3. The molecule has 2 aliphatic carbocycles. The third kappa shape index (κ3) is 2.60. The Hall–Kier alpha value is -2.24. The van der Waals surface area contributed by atoms with Gasteiger partial charge < -0.3 is 5.73 Å². The number of amidine groups is 1. The molecule has 2 aromatic rings. The van der Waals surface area contributed by atoms with Gasteiger partial charge in [0.25, 0.3) is 0 Å². The lowest BCUT2D eigenvalue weighted by molar-refractivity contribution is 0.523. The van der Waals surface area contributed by atoms with E-state index in [1.165, 1.54) is 12.1 Å². The van der Waals surface area contributed by atoms with Gasteiger partial charge in [-0.3, -0.25) is 10.1 Å². The van der Waals surface area contributed by atoms with Gasteiger partial charge in [0.05, 0.1) is 6.54 Å². The van der Waals surface area contributed by atoms with Gasteiger partial charge in [-0.15, -0.1) is 0 Å². The molecule has 1 aromatic heterocycles. The van der Waals surface area contributed by atoms with E-state index in [9.17, 15) is 8.78 Å². The summed E-state index contributed by atoms with van der Waals surface area (Å²) in [7, 11) is 0. The van der Waals surface area contributed by atoms with E-state index in [0.717, 1.165) is 42.5 Å². The molecule has 126 valence electrons. The third-order valence-corrected chi connectivity index (χ3v) is 4.98. The quantitative estimate of drug-likeness (QED) is 0.650. The minimum atomic E-state index is -0.517. The van der Waals surface area contributed by atoms with Crippen molar-refractivity contribution in [3.8, 4) is 0 Å². The van der Waals surface area contributed by atoms with Crippen molar-refractivity contribution in [3.05, 3.63) is 51.8 Å². The number of hydrogen-bond donors (Lipinski definition) is 2. The Morgan fingerprint density at radius 3 is 2.29 bits per heavy atom. The van der Waals surface area contributed by atoms with Gasteiger partial charge in [-0.1, -0.05) is 0 Å². The Morgan fingerprint density at radius 1 is 1.21 bits per heavy atom. The summed E-state index contributed by atoms with van der Waals surface area (Å²) in [6.07, 6.45) is 4.08. The molecule has 24 heavy (non-hydrogen) atoms. The molecule has 4 rings (SSSR count). The van der Waals surface area contributed by atoms with Crippen molar-refractivity contribution in [3.63, 3.8) is 0 Å². The first-order valence-corrected chi connectivity index (χ1v) is 8.35. The SMILES string of the molecule is Cc1c(C(=N)N)nn(Cc2c(F)cc(C3CC3)cc2F)c1C1CC1. The van der Waals surface area contributed by atoms with Gasteiger partial charge in [0.1, 0.15) is 23.2 Å². The molecule has 0 saturated heterocycles. The lowest BCUT2D eigenvalue weighted by atomic mass is 10.1. The van der Waals surface area contributed by atoms with Crippen LogP contribution in [0.4, 0.5) is 8.78 Å². The van der Waals surface area contributed by atoms with Crippen molar-refractivity contribution < 1.29 is 8.78 Å². The molecule has 0 unspecified atom stereocenters. The molecule has 2 aliphatic rings. The molecule has 0 spiro atoms. The summed E-state index contributed by atoms with van der Waals surface area (Å²) in [5, 5.41) is 12.0. The number of nitrogens with two attached hydrogens (primary N) is 1. The molecule has 0 bridgehead atoms. The molecule has 0 radical (unpaired) electrons. The number of aromatic nitrogens is 2. The summed E-state index contributed by atoms with van der Waals surface area (Å²) in [6.45, 7) is 1.90. The molecule has 0 aliphatic heterocycles. The van der Waals surface area contributed by atoms with E-state index in [4.69, 9.17) is 11.1 Å². The molecule has 0 atom stereocenters. The highest BCUT2D eigenvalue weighted by atomic mass is 19.1. The average Bonchev–Trinajstić information content (AvgIpc) is 3.41. The second-order valence-electron chi connectivity index (χ2n) is 6.94. The first-order chi connectivity index (χ1) is 11.5. The van der Waals surface area contributed by atoms with Crippen molar-refractivity contribution >= 4 is 5.84 Å². The van der Waals surface area contributed by atoms with E-state index in [-0.39, 0.29) is 17.9 Å². The number of hydrogen-bond acceptors (Lipinski definition) is 2. The van der Waals surface area contributed by atoms with Crippen molar-refractivity contribution in [1.82, 2.24) is 9.78 Å². The van der Waals surface area contributed by atoms with Crippen molar-refractivity contribution in [2.45, 2.75) is 51.0 Å². The van der Waals surface area contributed by atoms with E-state index in [1.807, 2.05) is 6.92 Å². The number of nitrogens with one attached hydrogen (secondary N) is 1. The minimum absolute atomic E-state index is 0.0268. The molecule has 3 N–H and O–H groups in total. The zero-order valence-corrected chi connectivity index (χ0v) is 13.6. The minimum Gasteiger partial charge on any atom is -0.382 e. The molecule has 2 fully saturated rings. The van der Waals surface area contributed by atoms with Gasteiger partial charge in [0, 0.05) is 22.7 Å². The van der Waals surface area contributed by atoms with E-state index < -0.39 is 11.6 Å². The maximum Gasteiger partial charge on any atom is 0.144 e. The van der Waals surface area contributed by atoms with Gasteiger partial charge in [0.15, 0.2) is 0 Å². The fourth-order valence-corrected chi connectivity index (χ4v) is 3.39. The predicted molar refractivity (Wildman–Crippen MR) is 87.4 cm³/mol. The Kier molecular flexibility index (Phi) is 3.44. The second kappa shape index (κ2) is 5.40. The molecular formula is C18H20F2N4. The zero-order chi connectivity index (χ0) is 17.0. The Morgan fingerprint density at radius 2 is 1.79 bits per heavy atom. The van der Waals surface area contributed by atoms with Crippen LogP contribution in [0.3, 0.4) is 0 Å². The first-order valence-electron chi connectivity index (χ1n) is 8.35. The van der Waals surface area contributed by atoms with Crippen LogP contribution in [0.25, 0.3) is 0 Å². The second-order valence-corrected chi connectivity index (χ2v) is 6.94. The Labute approximate surface area is 139 Å². The molecular weight excluding hydrogens is 310 g/mol. The Bertz CT molecular complexity index is 809. The largest absolute Gasteiger partial charge is 0.382 e. The number of halogens is 2. The highest BCUT2D eigenvalue weighted by Gasteiger charge is 2.32. The maximum atomic E-state index is 14.5. The van der Waals surface area contributed by atoms with Crippen LogP contribution in [0.1, 0.15) is 65.6 Å². The standard InChI is InChI=1S/C18H20F2N4/c1-9-16(18(21)22)23-24(17(9)11-4-5-11)8-13-14(19)6-12(7-15(13)20)10-2-3-10/h6-7,10-11H,2-5,8H2,1H3,(H3,21,22). The van der Waals surface area contributed by atoms with E-state index in [1.54, 1.807) is 4.68 Å². The summed E-state index contributed by atoms with van der Waals surface area (Å²) in [5.41, 5.74) is 8.57. The monoisotopic (exact) mass is 330 g/mol. The van der Waals surface area contributed by atoms with E-state index in [0.29, 0.717) is 17.5 Å². The van der Waals surface area contributed by atoms with Gasteiger partial charge in [-0.25, -0.2) is 8.78 Å². The lowest BCUT2D eigenvalue weighted by Crippen LogP contribution is -2.14. The van der Waals surface area contributed by atoms with E-state index in [2.05, 4.69) is 5.10 Å². The highest BCUT2D eigenvalue weighted by Crippen LogP contribution is 2.43. The maximum absolute atomic E-state index is 14.5. The van der Waals surface area contributed by atoms with Gasteiger partial charge in [0.2, 0.25) is 0 Å². The van der Waals surface area contributed by atoms with Gasteiger partial charge in [-0.05, 0) is 56.2 Å². The average molecular weight is 330 g/mol. The number of rotatable bonds is 5. The van der Waals surface area contributed by atoms with Crippen molar-refractivity contribution in [2.75, 3.05) is 0 Å². The van der Waals surface area contributed by atoms with Crippen LogP contribution in [-0.4, -0.2) is 15.6 Å². The summed E-state index contributed by atoms with van der Waals surface area (Å²) >= 11 is 0. The highest BCUT2D eigenvalue weighted by molar-refractivity contribution is 5.94. The molecule has 1 heterocycles. The first kappa shape index (κ1) is 15.3. The molecule has 2 saturated carbocycles. The van der Waals surface area contributed by atoms with Crippen LogP contribution in [-0.2, 0) is 6.54 Å². The van der Waals surface area contributed by atoms with Crippen LogP contribution in [0, 0.1) is 24.0 Å². The lowest BCUT2D eigenvalue weighted by Gasteiger charge is -2.11. The van der Waals surface area contributed by atoms with Crippen LogP contribution in [0.5, 0.6) is 0 Å². The van der Waals surface area contributed by atoms with Crippen molar-refractivity contribution in [1.29, 1.82) is 5.41 Å². The number of nitrogen functional groups attached to an aromatic ring is 1. The van der Waals surface area contributed by atoms with Crippen LogP contribution in [0.2, 0.25) is 0 Å². The van der Waals surface area contributed by atoms with Gasteiger partial charge in [-0.2, -0.15) is 5.10 Å². The molecule has 1 aromatic carbocycles. The Balaban J connectivity index is 1.73. The molecule has 4 nitrogen and oxygen atoms in total. The number of nitrogens with zero attached hydrogens (tertiary/aromatic N) is 2. The zero-order valence-electron chi connectivity index (χ0n) is 13.6. The van der Waals surface area contributed by atoms with Crippen molar-refractivity contribution in [2.24, 2.45) is 5.73 Å². The molecule has 0 amide bonds. The fraction of sp³-hybridized carbons (Fsp3) is 0.444. The van der Waals surface area contributed by atoms with E-state index >= 15 is 0 Å².